The van der Waals surface area contributed by atoms with Crippen LogP contribution in [0.1, 0.15) is 44.9 Å². The van der Waals surface area contributed by atoms with E-state index in [1.807, 2.05) is 0 Å². The molecule has 2 N–H and O–H groups in total. The second kappa shape index (κ2) is 5.84. The molecule has 114 valence electrons. The third-order valence-corrected chi connectivity index (χ3v) is 6.47. The maximum Gasteiger partial charge on any atom is 0.223 e. The molecule has 3 nitrogen and oxygen atoms in total. The smallest absolute Gasteiger partial charge is 0.223 e. The molecule has 3 saturated carbocycles. The van der Waals surface area contributed by atoms with Gasteiger partial charge in [0, 0.05) is 12.0 Å². The maximum absolute atomic E-state index is 12.4. The van der Waals surface area contributed by atoms with Gasteiger partial charge in [-0.15, -0.1) is 12.4 Å². The SMILES string of the molecule is Cl.O=C(NC1CC2CC1C1CCCC21)C1CCNCC1. The molecule has 3 aliphatic carbocycles. The third-order valence-electron chi connectivity index (χ3n) is 6.47. The first-order valence-corrected chi connectivity index (χ1v) is 8.34. The Labute approximate surface area is 128 Å². The van der Waals surface area contributed by atoms with Crippen LogP contribution < -0.4 is 10.6 Å². The van der Waals surface area contributed by atoms with E-state index in [0.29, 0.717) is 11.9 Å². The van der Waals surface area contributed by atoms with E-state index in [4.69, 9.17) is 0 Å². The highest BCUT2D eigenvalue weighted by Crippen LogP contribution is 2.58. The monoisotopic (exact) mass is 298 g/mol. The minimum atomic E-state index is 0. The van der Waals surface area contributed by atoms with Crippen LogP contribution in [0.15, 0.2) is 0 Å². The zero-order chi connectivity index (χ0) is 12.8. The minimum Gasteiger partial charge on any atom is -0.353 e. The number of hydrogen-bond donors (Lipinski definition) is 2. The highest BCUT2D eigenvalue weighted by molar-refractivity contribution is 5.85. The van der Waals surface area contributed by atoms with Crippen molar-refractivity contribution in [2.24, 2.45) is 29.6 Å². The lowest BCUT2D eigenvalue weighted by molar-refractivity contribution is -0.127. The molecule has 4 aliphatic rings. The summed E-state index contributed by atoms with van der Waals surface area (Å²) in [5, 5.41) is 6.77. The van der Waals surface area contributed by atoms with Crippen molar-refractivity contribution >= 4 is 18.3 Å². The van der Waals surface area contributed by atoms with Gasteiger partial charge in [0.1, 0.15) is 0 Å². The molecule has 1 heterocycles. The van der Waals surface area contributed by atoms with Crippen LogP contribution in [0.3, 0.4) is 0 Å². The Kier molecular flexibility index (Phi) is 4.28. The number of carbonyl (C=O) groups is 1. The van der Waals surface area contributed by atoms with Gasteiger partial charge in [-0.1, -0.05) is 6.42 Å². The van der Waals surface area contributed by atoms with E-state index in [1.165, 1.54) is 32.1 Å². The van der Waals surface area contributed by atoms with Crippen molar-refractivity contribution in [3.05, 3.63) is 0 Å². The number of fused-ring (bicyclic) bond motifs is 5. The van der Waals surface area contributed by atoms with E-state index in [0.717, 1.165) is 49.6 Å². The molecule has 0 aromatic carbocycles. The second-order valence-electron chi connectivity index (χ2n) is 7.29. The van der Waals surface area contributed by atoms with E-state index in [9.17, 15) is 4.79 Å². The van der Waals surface area contributed by atoms with E-state index >= 15 is 0 Å². The predicted molar refractivity (Wildman–Crippen MR) is 81.8 cm³/mol. The van der Waals surface area contributed by atoms with Crippen LogP contribution in [0, 0.1) is 29.6 Å². The van der Waals surface area contributed by atoms with Crippen molar-refractivity contribution in [1.82, 2.24) is 10.6 Å². The van der Waals surface area contributed by atoms with Gasteiger partial charge in [-0.2, -0.15) is 0 Å². The summed E-state index contributed by atoms with van der Waals surface area (Å²) in [4.78, 5) is 12.4. The summed E-state index contributed by atoms with van der Waals surface area (Å²) in [7, 11) is 0. The van der Waals surface area contributed by atoms with Gasteiger partial charge < -0.3 is 10.6 Å². The molecule has 4 heteroatoms. The number of piperidine rings is 1. The standard InChI is InChI=1S/C16H26N2O.ClH/c19-16(10-4-6-17-7-5-10)18-15-9-11-8-14(15)13-3-1-2-12(11)13;/h10-15,17H,1-9H2,(H,18,19);1H. The zero-order valence-electron chi connectivity index (χ0n) is 12.1. The molecule has 4 fully saturated rings. The lowest BCUT2D eigenvalue weighted by Crippen LogP contribution is -2.46. The fraction of sp³-hybridized carbons (Fsp3) is 0.938. The van der Waals surface area contributed by atoms with Crippen LogP contribution in [0.4, 0.5) is 0 Å². The van der Waals surface area contributed by atoms with Crippen molar-refractivity contribution in [2.75, 3.05) is 13.1 Å². The fourth-order valence-electron chi connectivity index (χ4n) is 5.62. The van der Waals surface area contributed by atoms with E-state index in [-0.39, 0.29) is 18.3 Å². The predicted octanol–water partition coefficient (Wildman–Crippen LogP) is 2.35. The van der Waals surface area contributed by atoms with Crippen LogP contribution in [-0.2, 0) is 4.79 Å². The average molecular weight is 299 g/mol. The van der Waals surface area contributed by atoms with E-state index in [1.54, 1.807) is 0 Å². The molecule has 4 rings (SSSR count). The summed E-state index contributed by atoms with van der Waals surface area (Å²) in [6.45, 7) is 2.03. The summed E-state index contributed by atoms with van der Waals surface area (Å²) in [5.41, 5.74) is 0. The van der Waals surface area contributed by atoms with Crippen molar-refractivity contribution in [1.29, 1.82) is 0 Å². The van der Waals surface area contributed by atoms with Crippen LogP contribution in [-0.4, -0.2) is 25.0 Å². The van der Waals surface area contributed by atoms with Crippen LogP contribution in [0.25, 0.3) is 0 Å². The van der Waals surface area contributed by atoms with Crippen molar-refractivity contribution in [3.63, 3.8) is 0 Å². The lowest BCUT2D eigenvalue weighted by atomic mass is 9.79. The number of nitrogens with one attached hydrogen (secondary N) is 2. The minimum absolute atomic E-state index is 0. The summed E-state index contributed by atoms with van der Waals surface area (Å²) >= 11 is 0. The molecule has 0 radical (unpaired) electrons. The average Bonchev–Trinajstić information content (AvgIpc) is 3.11. The van der Waals surface area contributed by atoms with Crippen molar-refractivity contribution in [3.8, 4) is 0 Å². The molecule has 0 aromatic rings. The molecule has 1 aliphatic heterocycles. The normalized spacial score (nSPS) is 43.1. The maximum atomic E-state index is 12.4. The number of hydrogen-bond acceptors (Lipinski definition) is 2. The molecule has 5 atom stereocenters. The Balaban J connectivity index is 0.00000121. The molecule has 20 heavy (non-hydrogen) atoms. The zero-order valence-corrected chi connectivity index (χ0v) is 13.0. The fourth-order valence-corrected chi connectivity index (χ4v) is 5.62. The second-order valence-corrected chi connectivity index (χ2v) is 7.29. The van der Waals surface area contributed by atoms with Gasteiger partial charge in [0.05, 0.1) is 0 Å². The van der Waals surface area contributed by atoms with Crippen molar-refractivity contribution in [2.45, 2.75) is 51.0 Å². The van der Waals surface area contributed by atoms with Gasteiger partial charge in [0.15, 0.2) is 0 Å². The number of halogens is 1. The van der Waals surface area contributed by atoms with E-state index in [2.05, 4.69) is 10.6 Å². The first-order valence-electron chi connectivity index (χ1n) is 8.34. The van der Waals surface area contributed by atoms with Gasteiger partial charge in [0.2, 0.25) is 5.91 Å². The highest BCUT2D eigenvalue weighted by Gasteiger charge is 2.54. The molecule has 2 bridgehead atoms. The summed E-state index contributed by atoms with van der Waals surface area (Å²) in [5.74, 6) is 4.38. The molecule has 0 spiro atoms. The van der Waals surface area contributed by atoms with Crippen LogP contribution in [0.5, 0.6) is 0 Å². The largest absolute Gasteiger partial charge is 0.353 e. The molecular weight excluding hydrogens is 272 g/mol. The van der Waals surface area contributed by atoms with E-state index < -0.39 is 0 Å². The number of amides is 1. The summed E-state index contributed by atoms with van der Waals surface area (Å²) in [6.07, 6.45) is 9.09. The van der Waals surface area contributed by atoms with Gasteiger partial charge in [-0.05, 0) is 75.3 Å². The molecule has 1 amide bonds. The summed E-state index contributed by atoms with van der Waals surface area (Å²) in [6, 6.07) is 0.520. The number of carbonyl (C=O) groups excluding carboxylic acids is 1. The Hall–Kier alpha value is -0.280. The Bertz CT molecular complexity index is 369. The topological polar surface area (TPSA) is 41.1 Å². The third kappa shape index (κ3) is 2.37. The van der Waals surface area contributed by atoms with Crippen LogP contribution >= 0.6 is 12.4 Å². The Morgan fingerprint density at radius 2 is 1.70 bits per heavy atom. The van der Waals surface area contributed by atoms with Gasteiger partial charge in [-0.3, -0.25) is 4.79 Å². The molecule has 5 unspecified atom stereocenters. The first-order chi connectivity index (χ1) is 9.33. The number of rotatable bonds is 2. The van der Waals surface area contributed by atoms with Crippen LogP contribution in [0.2, 0.25) is 0 Å². The quantitative estimate of drug-likeness (QED) is 0.822. The van der Waals surface area contributed by atoms with Gasteiger partial charge in [0.25, 0.3) is 0 Å². The summed E-state index contributed by atoms with van der Waals surface area (Å²) < 4.78 is 0. The molecule has 1 saturated heterocycles. The van der Waals surface area contributed by atoms with Gasteiger partial charge >= 0.3 is 0 Å². The lowest BCUT2D eigenvalue weighted by Gasteiger charge is -2.33. The first kappa shape index (κ1) is 14.6. The van der Waals surface area contributed by atoms with Gasteiger partial charge in [-0.25, -0.2) is 0 Å². The highest BCUT2D eigenvalue weighted by atomic mass is 35.5. The Morgan fingerprint density at radius 1 is 0.950 bits per heavy atom. The molecular formula is C16H27ClN2O. The molecule has 0 aromatic heterocycles. The Morgan fingerprint density at radius 3 is 2.50 bits per heavy atom. The van der Waals surface area contributed by atoms with Crippen molar-refractivity contribution < 1.29 is 4.79 Å².